The van der Waals surface area contributed by atoms with Gasteiger partial charge in [-0.1, -0.05) is 23.7 Å². The lowest BCUT2D eigenvalue weighted by Gasteiger charge is -2.11. The van der Waals surface area contributed by atoms with Crippen LogP contribution in [-0.2, 0) is 14.6 Å². The van der Waals surface area contributed by atoms with E-state index in [0.717, 1.165) is 0 Å². The van der Waals surface area contributed by atoms with Crippen LogP contribution in [-0.4, -0.2) is 38.9 Å². The van der Waals surface area contributed by atoms with E-state index >= 15 is 0 Å². The summed E-state index contributed by atoms with van der Waals surface area (Å²) < 4.78 is 22.6. The lowest BCUT2D eigenvalue weighted by Crippen LogP contribution is -2.34. The summed E-state index contributed by atoms with van der Waals surface area (Å²) in [6.45, 7) is 0.519. The molecule has 1 aliphatic rings. The number of halogens is 1. The Balaban J connectivity index is 1.73. The van der Waals surface area contributed by atoms with Gasteiger partial charge >= 0.3 is 0 Å². The van der Waals surface area contributed by atoms with Crippen molar-refractivity contribution in [3.63, 3.8) is 0 Å². The Morgan fingerprint density at radius 1 is 1.35 bits per heavy atom. The van der Waals surface area contributed by atoms with E-state index in [4.69, 9.17) is 11.6 Å². The maximum Gasteiger partial charge on any atom is 0.239 e. The van der Waals surface area contributed by atoms with Crippen LogP contribution in [0.2, 0.25) is 5.02 Å². The van der Waals surface area contributed by atoms with Crippen molar-refractivity contribution in [2.75, 3.05) is 29.9 Å². The van der Waals surface area contributed by atoms with Crippen LogP contribution in [0.25, 0.3) is 0 Å². The van der Waals surface area contributed by atoms with E-state index in [1.54, 1.807) is 12.1 Å². The summed E-state index contributed by atoms with van der Waals surface area (Å²) in [7, 11) is -2.89. The van der Waals surface area contributed by atoms with E-state index in [2.05, 4.69) is 10.6 Å². The maximum absolute atomic E-state index is 11.7. The highest BCUT2D eigenvalue weighted by Gasteiger charge is 2.27. The van der Waals surface area contributed by atoms with E-state index in [-0.39, 0.29) is 29.9 Å². The number of hydrogen-bond acceptors (Lipinski definition) is 4. The first-order valence-electron chi connectivity index (χ1n) is 6.42. The van der Waals surface area contributed by atoms with Crippen LogP contribution in [0.5, 0.6) is 0 Å². The van der Waals surface area contributed by atoms with Gasteiger partial charge in [-0.3, -0.25) is 4.79 Å². The molecule has 0 unspecified atom stereocenters. The summed E-state index contributed by atoms with van der Waals surface area (Å²) in [5.74, 6) is 0.259. The molecular weight excluding hydrogens is 300 g/mol. The maximum atomic E-state index is 11.7. The summed E-state index contributed by atoms with van der Waals surface area (Å²) in [6, 6.07) is 7.17. The molecule has 1 amide bonds. The van der Waals surface area contributed by atoms with Crippen molar-refractivity contribution in [1.29, 1.82) is 0 Å². The molecule has 0 aromatic heterocycles. The number of benzene rings is 1. The number of nitrogens with one attached hydrogen (secondary N) is 2. The lowest BCUT2D eigenvalue weighted by molar-refractivity contribution is -0.119. The Morgan fingerprint density at radius 3 is 2.75 bits per heavy atom. The average molecular weight is 317 g/mol. The molecule has 2 N–H and O–H groups in total. The number of carbonyl (C=O) groups excluding carboxylic acids is 1. The van der Waals surface area contributed by atoms with Crippen molar-refractivity contribution >= 4 is 33.0 Å². The van der Waals surface area contributed by atoms with Gasteiger partial charge in [-0.25, -0.2) is 8.42 Å². The molecule has 2 rings (SSSR count). The summed E-state index contributed by atoms with van der Waals surface area (Å²) in [5.41, 5.74) is 0.702. The number of carbonyl (C=O) groups is 1. The fourth-order valence-corrected chi connectivity index (χ4v) is 4.20. The molecule has 1 atom stereocenters. The standard InChI is InChI=1S/C13H17ClN2O3S/c14-11-3-1-2-4-12(11)15-8-13(17)16-7-10-5-6-20(18,19)9-10/h1-4,10,15H,5-9H2,(H,16,17)/t10-/m1/s1. The molecule has 0 radical (unpaired) electrons. The molecule has 0 aliphatic carbocycles. The number of sulfone groups is 1. The largest absolute Gasteiger partial charge is 0.375 e. The first kappa shape index (κ1) is 15.1. The molecule has 0 saturated carbocycles. The molecular formula is C13H17ClN2O3S. The van der Waals surface area contributed by atoms with Gasteiger partial charge in [0.05, 0.1) is 28.8 Å². The van der Waals surface area contributed by atoms with Gasteiger partial charge in [0.25, 0.3) is 0 Å². The normalized spacial score (nSPS) is 20.6. The van der Waals surface area contributed by atoms with Gasteiger partial charge in [-0.05, 0) is 24.5 Å². The zero-order valence-corrected chi connectivity index (χ0v) is 12.5. The van der Waals surface area contributed by atoms with Crippen LogP contribution in [0.1, 0.15) is 6.42 Å². The van der Waals surface area contributed by atoms with Crippen LogP contribution in [0.15, 0.2) is 24.3 Å². The topological polar surface area (TPSA) is 75.3 Å². The molecule has 0 spiro atoms. The number of anilines is 1. The van der Waals surface area contributed by atoms with E-state index in [9.17, 15) is 13.2 Å². The molecule has 20 heavy (non-hydrogen) atoms. The Labute approximate surface area is 123 Å². The second kappa shape index (κ2) is 6.45. The molecule has 5 nitrogen and oxygen atoms in total. The third kappa shape index (κ3) is 4.38. The molecule has 110 valence electrons. The van der Waals surface area contributed by atoms with Crippen LogP contribution in [0.4, 0.5) is 5.69 Å². The van der Waals surface area contributed by atoms with Crippen molar-refractivity contribution in [2.24, 2.45) is 5.92 Å². The van der Waals surface area contributed by atoms with E-state index < -0.39 is 9.84 Å². The molecule has 1 aromatic carbocycles. The predicted octanol–water partition coefficient (Wildman–Crippen LogP) is 1.30. The Morgan fingerprint density at radius 2 is 2.10 bits per heavy atom. The highest BCUT2D eigenvalue weighted by Crippen LogP contribution is 2.20. The Hall–Kier alpha value is -1.27. The fraction of sp³-hybridized carbons (Fsp3) is 0.462. The van der Waals surface area contributed by atoms with E-state index in [0.29, 0.717) is 23.7 Å². The SMILES string of the molecule is O=C(CNc1ccccc1Cl)NC[C@H]1CCS(=O)(=O)C1. The van der Waals surface area contributed by atoms with Gasteiger partial charge in [0.15, 0.2) is 9.84 Å². The third-order valence-electron chi connectivity index (χ3n) is 3.23. The predicted molar refractivity (Wildman–Crippen MR) is 79.7 cm³/mol. The molecule has 1 fully saturated rings. The molecule has 1 aromatic rings. The van der Waals surface area contributed by atoms with Crippen LogP contribution >= 0.6 is 11.6 Å². The zero-order chi connectivity index (χ0) is 14.6. The smallest absolute Gasteiger partial charge is 0.239 e. The Kier molecular flexibility index (Phi) is 4.88. The van der Waals surface area contributed by atoms with Gasteiger partial charge in [-0.15, -0.1) is 0 Å². The van der Waals surface area contributed by atoms with Crippen molar-refractivity contribution in [2.45, 2.75) is 6.42 Å². The number of hydrogen-bond donors (Lipinski definition) is 2. The number of para-hydroxylation sites is 1. The summed E-state index contributed by atoms with van der Waals surface area (Å²) in [5, 5.41) is 6.24. The van der Waals surface area contributed by atoms with Gasteiger partial charge in [-0.2, -0.15) is 0 Å². The van der Waals surface area contributed by atoms with Crippen LogP contribution in [0, 0.1) is 5.92 Å². The number of rotatable bonds is 5. The van der Waals surface area contributed by atoms with Gasteiger partial charge < -0.3 is 10.6 Å². The fourth-order valence-electron chi connectivity index (χ4n) is 2.13. The molecule has 7 heteroatoms. The summed E-state index contributed by atoms with van der Waals surface area (Å²) in [4.78, 5) is 11.7. The van der Waals surface area contributed by atoms with Crippen molar-refractivity contribution in [3.8, 4) is 0 Å². The molecule has 1 heterocycles. The highest BCUT2D eigenvalue weighted by atomic mass is 35.5. The third-order valence-corrected chi connectivity index (χ3v) is 5.39. The van der Waals surface area contributed by atoms with E-state index in [1.165, 1.54) is 0 Å². The lowest BCUT2D eigenvalue weighted by atomic mass is 10.1. The molecule has 1 aliphatic heterocycles. The van der Waals surface area contributed by atoms with Crippen molar-refractivity contribution in [1.82, 2.24) is 5.32 Å². The summed E-state index contributed by atoms with van der Waals surface area (Å²) >= 11 is 5.96. The minimum Gasteiger partial charge on any atom is -0.375 e. The van der Waals surface area contributed by atoms with Crippen molar-refractivity contribution < 1.29 is 13.2 Å². The quantitative estimate of drug-likeness (QED) is 0.858. The van der Waals surface area contributed by atoms with Gasteiger partial charge in [0, 0.05) is 6.54 Å². The monoisotopic (exact) mass is 316 g/mol. The molecule has 1 saturated heterocycles. The second-order valence-electron chi connectivity index (χ2n) is 4.91. The zero-order valence-electron chi connectivity index (χ0n) is 10.9. The van der Waals surface area contributed by atoms with Crippen molar-refractivity contribution in [3.05, 3.63) is 29.3 Å². The summed E-state index contributed by atoms with van der Waals surface area (Å²) in [6.07, 6.45) is 0.626. The van der Waals surface area contributed by atoms with Crippen LogP contribution < -0.4 is 10.6 Å². The first-order valence-corrected chi connectivity index (χ1v) is 8.62. The minimum atomic E-state index is -2.89. The average Bonchev–Trinajstić information content (AvgIpc) is 2.75. The van der Waals surface area contributed by atoms with E-state index in [1.807, 2.05) is 12.1 Å². The molecule has 0 bridgehead atoms. The van der Waals surface area contributed by atoms with Crippen LogP contribution in [0.3, 0.4) is 0 Å². The van der Waals surface area contributed by atoms with Gasteiger partial charge in [0.2, 0.25) is 5.91 Å². The minimum absolute atomic E-state index is 0.0317. The highest BCUT2D eigenvalue weighted by molar-refractivity contribution is 7.91. The second-order valence-corrected chi connectivity index (χ2v) is 7.54. The number of amides is 1. The first-order chi connectivity index (χ1) is 9.46. The van der Waals surface area contributed by atoms with Gasteiger partial charge in [0.1, 0.15) is 0 Å². The Bertz CT molecular complexity index is 589.